The van der Waals surface area contributed by atoms with Gasteiger partial charge < -0.3 is 0 Å². The van der Waals surface area contributed by atoms with Crippen molar-refractivity contribution in [1.82, 2.24) is 0 Å². The highest BCUT2D eigenvalue weighted by Crippen LogP contribution is 2.75. The number of hydrogen-bond acceptors (Lipinski definition) is 0. The van der Waals surface area contributed by atoms with Gasteiger partial charge in [-0.3, -0.25) is 0 Å². The van der Waals surface area contributed by atoms with E-state index in [9.17, 15) is 0 Å². The summed E-state index contributed by atoms with van der Waals surface area (Å²) in [5, 5.41) is 0.628. The van der Waals surface area contributed by atoms with Gasteiger partial charge in [0, 0.05) is 0 Å². The molecule has 78 valence electrons. The first-order valence-corrected chi connectivity index (χ1v) is 8.96. The van der Waals surface area contributed by atoms with Gasteiger partial charge in [0.1, 0.15) is 0 Å². The molecule has 1 heteroatoms. The zero-order chi connectivity index (χ0) is 10.7. The smallest absolute Gasteiger partial charge is 0.0509 e. The van der Waals surface area contributed by atoms with E-state index in [0.717, 1.165) is 0 Å². The molecule has 13 heavy (non-hydrogen) atoms. The van der Waals surface area contributed by atoms with Gasteiger partial charge in [0.25, 0.3) is 0 Å². The van der Waals surface area contributed by atoms with Crippen LogP contribution in [0.15, 0.2) is 0 Å². The highest BCUT2D eigenvalue weighted by Gasteiger charge is 2.65. The summed E-state index contributed by atoms with van der Waals surface area (Å²) in [4.78, 5) is 0. The fourth-order valence-corrected chi connectivity index (χ4v) is 6.35. The van der Waals surface area contributed by atoms with Crippen LogP contribution in [-0.2, 0) is 0 Å². The van der Waals surface area contributed by atoms with Gasteiger partial charge in [-0.25, -0.2) is 0 Å². The molecule has 0 bridgehead atoms. The van der Waals surface area contributed by atoms with Crippen LogP contribution in [0.4, 0.5) is 0 Å². The molecule has 0 N–H and O–H groups in total. The van der Waals surface area contributed by atoms with Crippen LogP contribution in [0.5, 0.6) is 0 Å². The van der Waals surface area contributed by atoms with E-state index in [-0.39, 0.29) is 0 Å². The van der Waals surface area contributed by atoms with Crippen molar-refractivity contribution in [3.8, 4) is 0 Å². The van der Waals surface area contributed by atoms with Crippen molar-refractivity contribution < 1.29 is 0 Å². The Morgan fingerprint density at radius 3 is 1.31 bits per heavy atom. The highest BCUT2D eigenvalue weighted by atomic mass is 28.3. The van der Waals surface area contributed by atoms with Crippen molar-refractivity contribution in [3.05, 3.63) is 0 Å². The van der Waals surface area contributed by atoms with Crippen LogP contribution in [0.3, 0.4) is 0 Å². The first-order chi connectivity index (χ1) is 5.46. The van der Waals surface area contributed by atoms with Crippen LogP contribution in [0.1, 0.15) is 41.0 Å². The molecule has 0 radical (unpaired) electrons. The van der Waals surface area contributed by atoms with Gasteiger partial charge in [-0.15, -0.1) is 0 Å². The molecule has 1 fully saturated rings. The molecule has 0 heterocycles. The molecule has 1 unspecified atom stereocenters. The average Bonchev–Trinajstić information content (AvgIpc) is 1.83. The molecule has 1 aliphatic rings. The maximum atomic E-state index is 2.52. The predicted molar refractivity (Wildman–Crippen MR) is 63.9 cm³/mol. The van der Waals surface area contributed by atoms with Crippen LogP contribution in [0, 0.1) is 10.8 Å². The Labute approximate surface area is 85.1 Å². The number of rotatable bonds is 1. The zero-order valence-electron chi connectivity index (χ0n) is 10.7. The molecule has 0 saturated heterocycles. The molecular weight excluding hydrogens is 172 g/mol. The maximum Gasteiger partial charge on any atom is 0.0509 e. The maximum absolute atomic E-state index is 2.52. The van der Waals surface area contributed by atoms with Crippen LogP contribution >= 0.6 is 0 Å². The monoisotopic (exact) mass is 198 g/mol. The molecule has 0 aliphatic heterocycles. The second-order valence-electron chi connectivity index (χ2n) is 7.27. The standard InChI is InChI=1S/C12H26Si/c1-10(2)9-12(5,11(10,3)4)13(6,7)8/h9H2,1-8H3. The minimum atomic E-state index is -1.02. The summed E-state index contributed by atoms with van der Waals surface area (Å²) in [5.41, 5.74) is 1.06. The lowest BCUT2D eigenvalue weighted by Crippen LogP contribution is -2.63. The minimum Gasteiger partial charge on any atom is -0.0691 e. The second kappa shape index (κ2) is 2.42. The zero-order valence-corrected chi connectivity index (χ0v) is 11.7. The van der Waals surface area contributed by atoms with E-state index in [0.29, 0.717) is 15.9 Å². The van der Waals surface area contributed by atoms with Crippen molar-refractivity contribution in [2.75, 3.05) is 0 Å². The lowest BCUT2D eigenvalue weighted by molar-refractivity contribution is -0.0751. The number of hydrogen-bond donors (Lipinski definition) is 0. The summed E-state index contributed by atoms with van der Waals surface area (Å²) >= 11 is 0. The summed E-state index contributed by atoms with van der Waals surface area (Å²) in [5.74, 6) is 0. The molecule has 0 amide bonds. The van der Waals surface area contributed by atoms with Gasteiger partial charge >= 0.3 is 0 Å². The van der Waals surface area contributed by atoms with Gasteiger partial charge in [-0.05, 0) is 22.3 Å². The van der Waals surface area contributed by atoms with Gasteiger partial charge in [0.15, 0.2) is 0 Å². The molecule has 0 aromatic heterocycles. The molecular formula is C12H26Si. The van der Waals surface area contributed by atoms with Crippen molar-refractivity contribution in [3.63, 3.8) is 0 Å². The van der Waals surface area contributed by atoms with Crippen molar-refractivity contribution in [1.29, 1.82) is 0 Å². The second-order valence-corrected chi connectivity index (χ2v) is 12.9. The van der Waals surface area contributed by atoms with Crippen LogP contribution in [0.25, 0.3) is 0 Å². The summed E-state index contributed by atoms with van der Waals surface area (Å²) in [7, 11) is -1.02. The van der Waals surface area contributed by atoms with Crippen LogP contribution < -0.4 is 0 Å². The molecule has 0 aromatic rings. The lowest BCUT2D eigenvalue weighted by Gasteiger charge is -2.70. The van der Waals surface area contributed by atoms with E-state index >= 15 is 0 Å². The molecule has 0 aromatic carbocycles. The largest absolute Gasteiger partial charge is 0.0691 e. The van der Waals surface area contributed by atoms with E-state index < -0.39 is 8.07 Å². The highest BCUT2D eigenvalue weighted by molar-refractivity contribution is 6.79. The third kappa shape index (κ3) is 1.16. The van der Waals surface area contributed by atoms with Gasteiger partial charge in [-0.2, -0.15) is 0 Å². The predicted octanol–water partition coefficient (Wildman–Crippen LogP) is 4.54. The SMILES string of the molecule is CC1(C)CC(C)([Si](C)(C)C)C1(C)C. The first-order valence-electron chi connectivity index (χ1n) is 5.46. The summed E-state index contributed by atoms with van der Waals surface area (Å²) in [6.45, 7) is 19.9. The molecule has 1 aliphatic carbocycles. The molecule has 1 atom stereocenters. The molecule has 1 saturated carbocycles. The topological polar surface area (TPSA) is 0 Å². The normalized spacial score (nSPS) is 36.9. The van der Waals surface area contributed by atoms with E-state index in [4.69, 9.17) is 0 Å². The van der Waals surface area contributed by atoms with Gasteiger partial charge in [-0.1, -0.05) is 54.3 Å². The van der Waals surface area contributed by atoms with E-state index in [2.05, 4.69) is 54.3 Å². The van der Waals surface area contributed by atoms with Gasteiger partial charge in [0.05, 0.1) is 8.07 Å². The van der Waals surface area contributed by atoms with E-state index in [1.807, 2.05) is 0 Å². The summed E-state index contributed by atoms with van der Waals surface area (Å²) in [6.07, 6.45) is 1.42. The third-order valence-electron chi connectivity index (χ3n) is 5.52. The van der Waals surface area contributed by atoms with Gasteiger partial charge in [0.2, 0.25) is 0 Å². The van der Waals surface area contributed by atoms with Crippen molar-refractivity contribution in [2.24, 2.45) is 10.8 Å². The summed E-state index contributed by atoms with van der Waals surface area (Å²) in [6, 6.07) is 0. The quantitative estimate of drug-likeness (QED) is 0.543. The van der Waals surface area contributed by atoms with Crippen molar-refractivity contribution >= 4 is 8.07 Å². The first kappa shape index (κ1) is 11.3. The Hall–Kier alpha value is 0.217. The fourth-order valence-electron chi connectivity index (χ4n) is 3.17. The summed E-state index contributed by atoms with van der Waals surface area (Å²) < 4.78 is 0. The van der Waals surface area contributed by atoms with Crippen LogP contribution in [-0.4, -0.2) is 8.07 Å². The molecule has 0 spiro atoms. The van der Waals surface area contributed by atoms with E-state index in [1.54, 1.807) is 0 Å². The Kier molecular flexibility index (Phi) is 2.10. The lowest BCUT2D eigenvalue weighted by atomic mass is 9.46. The molecule has 0 nitrogen and oxygen atoms in total. The third-order valence-corrected chi connectivity index (χ3v) is 9.63. The Balaban J connectivity index is 3.02. The Morgan fingerprint density at radius 1 is 0.846 bits per heavy atom. The van der Waals surface area contributed by atoms with Crippen LogP contribution in [0.2, 0.25) is 24.7 Å². The fraction of sp³-hybridized carbons (Fsp3) is 1.00. The minimum absolute atomic E-state index is 0.518. The van der Waals surface area contributed by atoms with Crippen molar-refractivity contribution in [2.45, 2.75) is 65.7 Å². The molecule has 1 rings (SSSR count). The Bertz CT molecular complexity index is 220. The Morgan fingerprint density at radius 2 is 1.23 bits per heavy atom. The van der Waals surface area contributed by atoms with E-state index in [1.165, 1.54) is 6.42 Å². The average molecular weight is 198 g/mol.